The van der Waals surface area contributed by atoms with Crippen LogP contribution in [0, 0.1) is 17.0 Å². The van der Waals surface area contributed by atoms with Crippen LogP contribution in [0.5, 0.6) is 5.75 Å². The topological polar surface area (TPSA) is 69.4 Å². The molecule has 2 aromatic carbocycles. The Morgan fingerprint density at radius 3 is 2.19 bits per heavy atom. The molecule has 0 N–H and O–H groups in total. The van der Waals surface area contributed by atoms with Gasteiger partial charge in [0, 0.05) is 17.7 Å². The molecule has 0 aliphatic rings. The smallest absolute Gasteiger partial charge is 0.269 e. The van der Waals surface area contributed by atoms with Gasteiger partial charge in [-0.3, -0.25) is 14.9 Å². The lowest BCUT2D eigenvalue weighted by atomic mass is 10.1. The van der Waals surface area contributed by atoms with Crippen LogP contribution in [0.25, 0.3) is 0 Å². The molecule has 21 heavy (non-hydrogen) atoms. The molecular formula is C16H15NO4. The zero-order chi connectivity index (χ0) is 15.4. The van der Waals surface area contributed by atoms with Crippen molar-refractivity contribution in [3.05, 3.63) is 69.8 Å². The second-order valence-electron chi connectivity index (χ2n) is 4.74. The van der Waals surface area contributed by atoms with Crippen LogP contribution in [0.15, 0.2) is 48.5 Å². The van der Waals surface area contributed by atoms with Crippen molar-refractivity contribution < 1.29 is 14.5 Å². The Morgan fingerprint density at radius 2 is 1.67 bits per heavy atom. The molecule has 2 rings (SSSR count). The average molecular weight is 285 g/mol. The Balaban J connectivity index is 2.06. The van der Waals surface area contributed by atoms with E-state index in [2.05, 4.69) is 0 Å². The standard InChI is InChI=1S/C16H15NO4/c1-11-3-5-13(6-4-11)16(18)12(2)21-15-9-7-14(8-10-15)17(19)20/h3-10,12H,1-2H3/t12-/m1/s1. The number of nitro groups is 1. The number of ketones is 1. The molecule has 5 heteroatoms. The molecule has 0 aromatic heterocycles. The largest absolute Gasteiger partial charge is 0.483 e. The number of ether oxygens (including phenoxy) is 1. The summed E-state index contributed by atoms with van der Waals surface area (Å²) in [6, 6.07) is 12.9. The fraction of sp³-hybridized carbons (Fsp3) is 0.188. The lowest BCUT2D eigenvalue weighted by Gasteiger charge is -2.13. The van der Waals surface area contributed by atoms with Crippen molar-refractivity contribution in [3.8, 4) is 5.75 Å². The molecule has 2 aromatic rings. The molecule has 0 heterocycles. The van der Waals surface area contributed by atoms with Crippen molar-refractivity contribution in [3.63, 3.8) is 0 Å². The minimum atomic E-state index is -0.658. The first kappa shape index (κ1) is 14.7. The lowest BCUT2D eigenvalue weighted by Crippen LogP contribution is -2.23. The molecule has 0 amide bonds. The summed E-state index contributed by atoms with van der Waals surface area (Å²) in [4.78, 5) is 22.3. The number of hydrogen-bond donors (Lipinski definition) is 0. The number of carbonyl (C=O) groups excluding carboxylic acids is 1. The summed E-state index contributed by atoms with van der Waals surface area (Å²) in [6.07, 6.45) is -0.658. The van der Waals surface area contributed by atoms with Gasteiger partial charge in [-0.15, -0.1) is 0 Å². The summed E-state index contributed by atoms with van der Waals surface area (Å²) >= 11 is 0. The minimum absolute atomic E-state index is 0.0140. The molecule has 1 atom stereocenters. The second kappa shape index (κ2) is 6.17. The fourth-order valence-corrected chi connectivity index (χ4v) is 1.86. The number of benzene rings is 2. The van der Waals surface area contributed by atoms with Crippen molar-refractivity contribution in [1.82, 2.24) is 0 Å². The molecule has 0 fully saturated rings. The number of nitro benzene ring substituents is 1. The first-order valence-electron chi connectivity index (χ1n) is 6.49. The zero-order valence-electron chi connectivity index (χ0n) is 11.8. The van der Waals surface area contributed by atoms with Crippen LogP contribution in [-0.2, 0) is 0 Å². The highest BCUT2D eigenvalue weighted by molar-refractivity contribution is 5.99. The minimum Gasteiger partial charge on any atom is -0.483 e. The summed E-state index contributed by atoms with van der Waals surface area (Å²) in [7, 11) is 0. The summed E-state index contributed by atoms with van der Waals surface area (Å²) < 4.78 is 5.52. The highest BCUT2D eigenvalue weighted by Crippen LogP contribution is 2.19. The highest BCUT2D eigenvalue weighted by Gasteiger charge is 2.17. The van der Waals surface area contributed by atoms with Crippen molar-refractivity contribution in [2.45, 2.75) is 20.0 Å². The van der Waals surface area contributed by atoms with Crippen molar-refractivity contribution in [2.24, 2.45) is 0 Å². The maximum atomic E-state index is 12.2. The van der Waals surface area contributed by atoms with Gasteiger partial charge in [-0.2, -0.15) is 0 Å². The van der Waals surface area contributed by atoms with Crippen LogP contribution in [0.3, 0.4) is 0 Å². The van der Waals surface area contributed by atoms with Crippen LogP contribution in [0.1, 0.15) is 22.8 Å². The van der Waals surface area contributed by atoms with E-state index in [0.29, 0.717) is 11.3 Å². The van der Waals surface area contributed by atoms with Crippen molar-refractivity contribution in [2.75, 3.05) is 0 Å². The maximum Gasteiger partial charge on any atom is 0.269 e. The van der Waals surface area contributed by atoms with E-state index < -0.39 is 11.0 Å². The van der Waals surface area contributed by atoms with Gasteiger partial charge >= 0.3 is 0 Å². The van der Waals surface area contributed by atoms with Gasteiger partial charge in [0.1, 0.15) is 5.75 Å². The number of hydrogen-bond acceptors (Lipinski definition) is 4. The molecule has 0 bridgehead atoms. The van der Waals surface area contributed by atoms with Gasteiger partial charge in [0.05, 0.1) is 4.92 Å². The van der Waals surface area contributed by atoms with E-state index >= 15 is 0 Å². The van der Waals surface area contributed by atoms with Crippen LogP contribution in [0.2, 0.25) is 0 Å². The molecule has 0 saturated carbocycles. The van der Waals surface area contributed by atoms with E-state index in [0.717, 1.165) is 5.56 Å². The zero-order valence-corrected chi connectivity index (χ0v) is 11.8. The molecule has 0 spiro atoms. The van der Waals surface area contributed by atoms with Crippen LogP contribution < -0.4 is 4.74 Å². The van der Waals surface area contributed by atoms with Crippen LogP contribution >= 0.6 is 0 Å². The summed E-state index contributed by atoms with van der Waals surface area (Å²) in [5, 5.41) is 10.6. The van der Waals surface area contributed by atoms with E-state index in [-0.39, 0.29) is 11.5 Å². The van der Waals surface area contributed by atoms with E-state index in [1.807, 2.05) is 19.1 Å². The summed E-state index contributed by atoms with van der Waals surface area (Å²) in [6.45, 7) is 3.61. The SMILES string of the molecule is Cc1ccc(C(=O)[C@@H](C)Oc2ccc([N+](=O)[O-])cc2)cc1. The number of rotatable bonds is 5. The third-order valence-electron chi connectivity index (χ3n) is 3.07. The van der Waals surface area contributed by atoms with Gasteiger partial charge in [0.2, 0.25) is 5.78 Å². The molecule has 5 nitrogen and oxygen atoms in total. The Hall–Kier alpha value is -2.69. The number of carbonyl (C=O) groups is 1. The fourth-order valence-electron chi connectivity index (χ4n) is 1.86. The molecular weight excluding hydrogens is 270 g/mol. The predicted molar refractivity (Wildman–Crippen MR) is 78.7 cm³/mol. The molecule has 0 aliphatic heterocycles. The Bertz CT molecular complexity index is 647. The van der Waals surface area contributed by atoms with Gasteiger partial charge in [-0.05, 0) is 26.0 Å². The normalized spacial score (nSPS) is 11.7. The Kier molecular flexibility index (Phi) is 4.33. The Labute approximate surface area is 122 Å². The van der Waals surface area contributed by atoms with E-state index in [9.17, 15) is 14.9 Å². The number of nitrogens with zero attached hydrogens (tertiary/aromatic N) is 1. The lowest BCUT2D eigenvalue weighted by molar-refractivity contribution is -0.384. The van der Waals surface area contributed by atoms with Crippen molar-refractivity contribution in [1.29, 1.82) is 0 Å². The first-order chi connectivity index (χ1) is 9.97. The van der Waals surface area contributed by atoms with Gasteiger partial charge in [-0.1, -0.05) is 29.8 Å². The third kappa shape index (κ3) is 3.66. The second-order valence-corrected chi connectivity index (χ2v) is 4.74. The molecule has 0 aliphatic carbocycles. The maximum absolute atomic E-state index is 12.2. The molecule has 0 unspecified atom stereocenters. The summed E-state index contributed by atoms with van der Waals surface area (Å²) in [5.41, 5.74) is 1.64. The average Bonchev–Trinajstić information content (AvgIpc) is 2.47. The molecule has 0 radical (unpaired) electrons. The van der Waals surface area contributed by atoms with Crippen LogP contribution in [0.4, 0.5) is 5.69 Å². The monoisotopic (exact) mass is 285 g/mol. The highest BCUT2D eigenvalue weighted by atomic mass is 16.6. The number of Topliss-reactive ketones (excluding diaryl/α,β-unsaturated/α-hetero) is 1. The van der Waals surface area contributed by atoms with Gasteiger partial charge in [0.25, 0.3) is 5.69 Å². The van der Waals surface area contributed by atoms with E-state index in [1.165, 1.54) is 24.3 Å². The summed E-state index contributed by atoms with van der Waals surface area (Å²) in [5.74, 6) is 0.293. The quantitative estimate of drug-likeness (QED) is 0.478. The van der Waals surface area contributed by atoms with Crippen LogP contribution in [-0.4, -0.2) is 16.8 Å². The Morgan fingerprint density at radius 1 is 1.10 bits per heavy atom. The van der Waals surface area contributed by atoms with E-state index in [4.69, 9.17) is 4.74 Å². The number of non-ortho nitro benzene ring substituents is 1. The molecule has 108 valence electrons. The first-order valence-corrected chi connectivity index (χ1v) is 6.49. The number of aryl methyl sites for hydroxylation is 1. The molecule has 0 saturated heterocycles. The van der Waals surface area contributed by atoms with E-state index in [1.54, 1.807) is 19.1 Å². The third-order valence-corrected chi connectivity index (χ3v) is 3.07. The van der Waals surface area contributed by atoms with Crippen molar-refractivity contribution >= 4 is 11.5 Å². The van der Waals surface area contributed by atoms with Gasteiger partial charge in [0.15, 0.2) is 6.10 Å². The van der Waals surface area contributed by atoms with Gasteiger partial charge < -0.3 is 4.74 Å². The van der Waals surface area contributed by atoms with Gasteiger partial charge in [-0.25, -0.2) is 0 Å². The predicted octanol–water partition coefficient (Wildman–Crippen LogP) is 3.55.